The van der Waals surface area contributed by atoms with Gasteiger partial charge in [-0.2, -0.15) is 8.42 Å². The number of ether oxygens (including phenoxy) is 1. The molecule has 1 fully saturated rings. The van der Waals surface area contributed by atoms with Crippen molar-refractivity contribution in [2.24, 2.45) is 0 Å². The van der Waals surface area contributed by atoms with Gasteiger partial charge in [0.25, 0.3) is 5.91 Å². The minimum Gasteiger partial charge on any atom is -0.505 e. The van der Waals surface area contributed by atoms with Gasteiger partial charge in [-0.1, -0.05) is 6.92 Å². The number of amides is 1. The van der Waals surface area contributed by atoms with Crippen LogP contribution in [-0.4, -0.2) is 45.2 Å². The van der Waals surface area contributed by atoms with Crippen molar-refractivity contribution in [3.63, 3.8) is 0 Å². The molecule has 0 unspecified atom stereocenters. The molecule has 3 N–H and O–H groups in total. The van der Waals surface area contributed by atoms with E-state index in [4.69, 9.17) is 4.74 Å². The van der Waals surface area contributed by atoms with Crippen LogP contribution in [0.2, 0.25) is 0 Å². The van der Waals surface area contributed by atoms with Crippen molar-refractivity contribution in [2.45, 2.75) is 19.4 Å². The normalized spacial score (nSPS) is 21.9. The number of likely N-dealkylation sites (N-methyl/N-ethyl adjacent to an activating group) is 1. The Kier molecular flexibility index (Phi) is 3.80. The quantitative estimate of drug-likeness (QED) is 0.687. The SMILES string of the molecule is CCNC[C@H]1Cc2c(cc(O)c(N3CC(=O)NS3(=O)=O)c2F)O1. The van der Waals surface area contributed by atoms with Gasteiger partial charge in [-0.25, -0.2) is 13.4 Å². The Balaban J connectivity index is 1.98. The number of carbonyl (C=O) groups excluding carboxylic acids is 1. The summed E-state index contributed by atoms with van der Waals surface area (Å²) in [6.45, 7) is 2.58. The molecule has 126 valence electrons. The molecule has 2 heterocycles. The zero-order valence-electron chi connectivity index (χ0n) is 12.3. The van der Waals surface area contributed by atoms with Gasteiger partial charge in [-0.05, 0) is 6.54 Å². The van der Waals surface area contributed by atoms with Crippen LogP contribution in [0, 0.1) is 5.82 Å². The van der Waals surface area contributed by atoms with Crippen LogP contribution < -0.4 is 19.1 Å². The highest BCUT2D eigenvalue weighted by Gasteiger charge is 2.40. The van der Waals surface area contributed by atoms with Crippen LogP contribution in [0.3, 0.4) is 0 Å². The summed E-state index contributed by atoms with van der Waals surface area (Å²) in [7, 11) is -4.20. The van der Waals surface area contributed by atoms with Gasteiger partial charge in [0.1, 0.15) is 29.8 Å². The molecular formula is C13H16FN3O5S. The molecule has 2 aliphatic heterocycles. The van der Waals surface area contributed by atoms with Crippen LogP contribution >= 0.6 is 0 Å². The third kappa shape index (κ3) is 2.68. The maximum Gasteiger partial charge on any atom is 0.326 e. The minimum absolute atomic E-state index is 0.183. The number of benzene rings is 1. The predicted octanol–water partition coefficient (Wildman–Crippen LogP) is -0.375. The first-order chi connectivity index (χ1) is 10.8. The first kappa shape index (κ1) is 15.8. The lowest BCUT2D eigenvalue weighted by Crippen LogP contribution is -2.30. The second kappa shape index (κ2) is 5.53. The third-order valence-corrected chi connectivity index (χ3v) is 5.08. The van der Waals surface area contributed by atoms with Crippen molar-refractivity contribution in [3.05, 3.63) is 17.4 Å². The Morgan fingerprint density at radius 2 is 2.30 bits per heavy atom. The topological polar surface area (TPSA) is 108 Å². The summed E-state index contributed by atoms with van der Waals surface area (Å²) in [4.78, 5) is 11.3. The van der Waals surface area contributed by atoms with E-state index in [0.717, 1.165) is 6.54 Å². The van der Waals surface area contributed by atoms with Crippen LogP contribution in [0.5, 0.6) is 11.5 Å². The largest absolute Gasteiger partial charge is 0.505 e. The van der Waals surface area contributed by atoms with E-state index in [0.29, 0.717) is 10.8 Å². The summed E-state index contributed by atoms with van der Waals surface area (Å²) in [5, 5.41) is 13.1. The van der Waals surface area contributed by atoms with Gasteiger partial charge in [0, 0.05) is 24.6 Å². The molecule has 0 bridgehead atoms. The number of phenols is 1. The third-order valence-electron chi connectivity index (χ3n) is 3.70. The van der Waals surface area contributed by atoms with Gasteiger partial charge in [-0.15, -0.1) is 0 Å². The second-order valence-corrected chi connectivity index (χ2v) is 6.92. The number of nitrogens with zero attached hydrogens (tertiary/aromatic N) is 1. The summed E-state index contributed by atoms with van der Waals surface area (Å²) < 4.78 is 46.3. The monoisotopic (exact) mass is 345 g/mol. The number of anilines is 1. The van der Waals surface area contributed by atoms with E-state index < -0.39 is 39.9 Å². The molecule has 0 saturated carbocycles. The van der Waals surface area contributed by atoms with Crippen LogP contribution in [0.25, 0.3) is 0 Å². The van der Waals surface area contributed by atoms with Crippen molar-refractivity contribution in [3.8, 4) is 11.5 Å². The Hall–Kier alpha value is -2.07. The summed E-state index contributed by atoms with van der Waals surface area (Å²) in [6.07, 6.45) is -0.0551. The smallest absolute Gasteiger partial charge is 0.326 e. The first-order valence-corrected chi connectivity index (χ1v) is 8.52. The number of rotatable bonds is 4. The standard InChI is InChI=1S/C13H16FN3O5S/c1-2-15-5-7-3-8-10(22-7)4-9(18)13(12(8)14)17-6-11(19)16-23(17,20)21/h4,7,15,18H,2-3,5-6H2,1H3,(H,16,19)/t7-/m1/s1. The van der Waals surface area contributed by atoms with Gasteiger partial charge >= 0.3 is 10.2 Å². The lowest BCUT2D eigenvalue weighted by atomic mass is 10.1. The molecule has 8 nitrogen and oxygen atoms in total. The molecule has 1 aromatic rings. The zero-order chi connectivity index (χ0) is 16.8. The van der Waals surface area contributed by atoms with Crippen LogP contribution in [0.4, 0.5) is 10.1 Å². The highest BCUT2D eigenvalue weighted by Crippen LogP contribution is 2.43. The van der Waals surface area contributed by atoms with E-state index in [1.54, 1.807) is 4.72 Å². The van der Waals surface area contributed by atoms with Gasteiger partial charge in [-0.3, -0.25) is 4.79 Å². The average Bonchev–Trinajstić information content (AvgIpc) is 2.97. The number of carbonyl (C=O) groups is 1. The minimum atomic E-state index is -4.20. The van der Waals surface area contributed by atoms with Crippen molar-refractivity contribution in [2.75, 3.05) is 23.9 Å². The lowest BCUT2D eigenvalue weighted by Gasteiger charge is -2.18. The maximum absolute atomic E-state index is 14.7. The number of nitrogens with one attached hydrogen (secondary N) is 2. The fourth-order valence-corrected chi connectivity index (χ4v) is 3.85. The Morgan fingerprint density at radius 1 is 1.57 bits per heavy atom. The molecule has 0 aromatic heterocycles. The number of aromatic hydroxyl groups is 1. The molecule has 10 heteroatoms. The van der Waals surface area contributed by atoms with Gasteiger partial charge in [0.05, 0.1) is 0 Å². The molecule has 1 amide bonds. The summed E-state index contributed by atoms with van der Waals surface area (Å²) in [5.41, 5.74) is -0.343. The van der Waals surface area contributed by atoms with E-state index in [9.17, 15) is 22.7 Å². The molecule has 0 spiro atoms. The first-order valence-electron chi connectivity index (χ1n) is 7.08. The van der Waals surface area contributed by atoms with E-state index >= 15 is 0 Å². The number of phenolic OH excluding ortho intramolecular Hbond substituents is 1. The zero-order valence-corrected chi connectivity index (χ0v) is 13.1. The predicted molar refractivity (Wildman–Crippen MR) is 79.1 cm³/mol. The number of hydrogen-bond acceptors (Lipinski definition) is 6. The van der Waals surface area contributed by atoms with Crippen LogP contribution in [0.15, 0.2) is 6.07 Å². The van der Waals surface area contributed by atoms with E-state index in [-0.39, 0.29) is 23.8 Å². The van der Waals surface area contributed by atoms with Gasteiger partial charge in [0.15, 0.2) is 5.82 Å². The molecule has 1 saturated heterocycles. The molecule has 0 aliphatic carbocycles. The molecular weight excluding hydrogens is 329 g/mol. The lowest BCUT2D eigenvalue weighted by molar-refractivity contribution is -0.117. The van der Waals surface area contributed by atoms with Crippen LogP contribution in [0.1, 0.15) is 12.5 Å². The molecule has 23 heavy (non-hydrogen) atoms. The highest BCUT2D eigenvalue weighted by molar-refractivity contribution is 7.92. The van der Waals surface area contributed by atoms with E-state index in [1.165, 1.54) is 6.07 Å². The summed E-state index contributed by atoms with van der Waals surface area (Å²) in [5.74, 6) is -2.09. The van der Waals surface area contributed by atoms with E-state index in [1.807, 2.05) is 6.92 Å². The average molecular weight is 345 g/mol. The summed E-state index contributed by atoms with van der Waals surface area (Å²) >= 11 is 0. The molecule has 3 rings (SSSR count). The molecule has 1 atom stereocenters. The second-order valence-electron chi connectivity index (χ2n) is 5.32. The van der Waals surface area contributed by atoms with Crippen molar-refractivity contribution < 1.29 is 27.4 Å². The van der Waals surface area contributed by atoms with Crippen molar-refractivity contribution >= 4 is 21.8 Å². The Labute approximate surface area is 132 Å². The number of fused-ring (bicyclic) bond motifs is 1. The van der Waals surface area contributed by atoms with Crippen molar-refractivity contribution in [1.82, 2.24) is 10.0 Å². The molecule has 2 aliphatic rings. The fraction of sp³-hybridized carbons (Fsp3) is 0.462. The van der Waals surface area contributed by atoms with Crippen molar-refractivity contribution in [1.29, 1.82) is 0 Å². The van der Waals surface area contributed by atoms with E-state index in [2.05, 4.69) is 5.32 Å². The maximum atomic E-state index is 14.7. The Morgan fingerprint density at radius 3 is 2.91 bits per heavy atom. The van der Waals surface area contributed by atoms with Gasteiger partial charge in [0.2, 0.25) is 0 Å². The highest BCUT2D eigenvalue weighted by atomic mass is 32.2. The summed E-state index contributed by atoms with van der Waals surface area (Å²) in [6, 6.07) is 1.18. The molecule has 1 aromatic carbocycles. The number of hydrogen-bond donors (Lipinski definition) is 3. The van der Waals surface area contributed by atoms with Gasteiger partial charge < -0.3 is 15.2 Å². The fourth-order valence-electron chi connectivity index (χ4n) is 2.69. The Bertz CT molecular complexity index is 767. The van der Waals surface area contributed by atoms with Crippen LogP contribution in [-0.2, 0) is 21.4 Å². The number of halogens is 1. The molecule has 0 radical (unpaired) electrons.